The average Bonchev–Trinajstić information content (AvgIpc) is 3.92. The number of carbonyl (C=O) groups is 3. The highest BCUT2D eigenvalue weighted by Gasteiger charge is 2.36. The number of nitrogens with one attached hydrogen (secondary N) is 2. The predicted molar refractivity (Wildman–Crippen MR) is 242 cm³/mol. The first kappa shape index (κ1) is 43.3. The quantitative estimate of drug-likeness (QED) is 0.0693. The lowest BCUT2D eigenvalue weighted by molar-refractivity contribution is -0.134. The summed E-state index contributed by atoms with van der Waals surface area (Å²) in [4.78, 5) is 57.0. The topological polar surface area (TPSA) is 194 Å². The number of nitrogen functional groups attached to an aromatic ring is 1. The lowest BCUT2D eigenvalue weighted by Gasteiger charge is -2.36. The molecule has 9 rings (SSSR count). The van der Waals surface area contributed by atoms with Crippen LogP contribution in [0.1, 0.15) is 120 Å². The number of aromatic nitrogens is 6. The maximum Gasteiger partial charge on any atom is 0.249 e. The van der Waals surface area contributed by atoms with Gasteiger partial charge in [0, 0.05) is 76.0 Å². The second kappa shape index (κ2) is 19.0. The van der Waals surface area contributed by atoms with Crippen molar-refractivity contribution in [3.63, 3.8) is 0 Å². The Hall–Kier alpha value is -5.97. The molecule has 7 heterocycles. The van der Waals surface area contributed by atoms with Crippen molar-refractivity contribution >= 4 is 45.9 Å². The summed E-state index contributed by atoms with van der Waals surface area (Å²) in [6.07, 6.45) is 13.9. The van der Waals surface area contributed by atoms with Crippen LogP contribution in [-0.2, 0) is 14.4 Å². The van der Waals surface area contributed by atoms with Gasteiger partial charge in [-0.2, -0.15) is 5.10 Å². The van der Waals surface area contributed by atoms with Gasteiger partial charge >= 0.3 is 0 Å². The molecular weight excluding hydrogens is 816 g/mol. The van der Waals surface area contributed by atoms with Gasteiger partial charge in [-0.15, -0.1) is 0 Å². The SMILES string of the molecule is CC(C)n1nc(-c2noc(C3CC3)c2-c2ccc(C3CCN(C(=O)CCCCCCCN4CCN(c5ccc(NC6CCC(=O)NC6=O)cc5F)CC4)CC3)cn2)c2c(N)ncnc21. The third-order valence-electron chi connectivity index (χ3n) is 13.4. The number of pyridine rings is 1. The first-order valence-electron chi connectivity index (χ1n) is 23.2. The molecule has 16 nitrogen and oxygen atoms in total. The molecule has 338 valence electrons. The monoisotopic (exact) mass is 874 g/mol. The molecule has 4 N–H and O–H groups in total. The number of rotatable bonds is 16. The molecule has 0 radical (unpaired) electrons. The number of piperidine rings is 2. The normalized spacial score (nSPS) is 18.9. The second-order valence-electron chi connectivity index (χ2n) is 18.2. The van der Waals surface area contributed by atoms with E-state index in [9.17, 15) is 14.4 Å². The lowest BCUT2D eigenvalue weighted by Crippen LogP contribution is -2.47. The van der Waals surface area contributed by atoms with Gasteiger partial charge in [-0.1, -0.05) is 30.5 Å². The highest BCUT2D eigenvalue weighted by atomic mass is 19.1. The maximum absolute atomic E-state index is 15.1. The van der Waals surface area contributed by atoms with Gasteiger partial charge in [0.15, 0.2) is 5.65 Å². The minimum atomic E-state index is -0.545. The molecule has 1 atom stereocenters. The molecule has 4 aliphatic rings. The molecule has 17 heteroatoms. The molecule has 64 heavy (non-hydrogen) atoms. The van der Waals surface area contributed by atoms with Gasteiger partial charge in [0.25, 0.3) is 0 Å². The van der Waals surface area contributed by atoms with E-state index < -0.39 is 6.04 Å². The molecule has 5 aromatic rings. The molecule has 3 aliphatic heterocycles. The van der Waals surface area contributed by atoms with E-state index >= 15 is 4.39 Å². The molecule has 1 aliphatic carbocycles. The molecule has 4 fully saturated rings. The number of benzene rings is 1. The summed E-state index contributed by atoms with van der Waals surface area (Å²) in [6, 6.07) is 8.74. The van der Waals surface area contributed by atoms with Crippen molar-refractivity contribution in [2.24, 2.45) is 0 Å². The number of unbranched alkanes of at least 4 members (excludes halogenated alkanes) is 4. The number of imide groups is 1. The molecule has 1 aromatic carbocycles. The van der Waals surface area contributed by atoms with Crippen LogP contribution in [0.15, 0.2) is 47.4 Å². The zero-order valence-electron chi connectivity index (χ0n) is 36.9. The lowest BCUT2D eigenvalue weighted by atomic mass is 9.90. The Morgan fingerprint density at radius 2 is 1.69 bits per heavy atom. The average molecular weight is 875 g/mol. The van der Waals surface area contributed by atoms with Crippen LogP contribution in [0.3, 0.4) is 0 Å². The number of piperazine rings is 1. The number of carbonyl (C=O) groups excluding carboxylic acids is 3. The highest BCUT2D eigenvalue weighted by molar-refractivity contribution is 6.02. The van der Waals surface area contributed by atoms with Crippen LogP contribution in [0.2, 0.25) is 0 Å². The number of hydrogen-bond acceptors (Lipinski definition) is 13. The summed E-state index contributed by atoms with van der Waals surface area (Å²) in [5.41, 5.74) is 12.2. The minimum absolute atomic E-state index is 0.0558. The van der Waals surface area contributed by atoms with E-state index in [4.69, 9.17) is 20.3 Å². The minimum Gasteiger partial charge on any atom is -0.383 e. The largest absolute Gasteiger partial charge is 0.383 e. The van der Waals surface area contributed by atoms with Gasteiger partial charge in [-0.05, 0) is 101 Å². The molecular formula is C47H59FN12O4. The Labute approximate surface area is 372 Å². The van der Waals surface area contributed by atoms with Gasteiger partial charge in [0.05, 0.1) is 22.3 Å². The van der Waals surface area contributed by atoms with E-state index in [1.54, 1.807) is 12.1 Å². The van der Waals surface area contributed by atoms with Crippen molar-refractivity contribution in [2.45, 2.75) is 115 Å². The summed E-state index contributed by atoms with van der Waals surface area (Å²) in [6.45, 7) is 9.91. The fourth-order valence-electron chi connectivity index (χ4n) is 9.51. The molecule has 1 unspecified atom stereocenters. The summed E-state index contributed by atoms with van der Waals surface area (Å²) >= 11 is 0. The van der Waals surface area contributed by atoms with E-state index in [2.05, 4.69) is 61.5 Å². The number of halogens is 1. The van der Waals surface area contributed by atoms with Gasteiger partial charge < -0.3 is 25.4 Å². The standard InChI is InChI=1S/C47H59FN12O4/c1-29(2)60-46-41(45(49)51-28-52-46)42(55-60)43-40(44(64-56-43)31-9-10-31)35-13-11-32(27-50-35)30-17-20-59(21-18-30)39(62)8-6-4-3-5-7-19-57-22-24-58(25-23-57)37-15-12-33(26-34(37)48)53-36-14-16-38(61)54-47(36)63/h11-13,15,26-31,36,53H,3-10,14,16-25H2,1-2H3,(H2,49,51,52)(H,54,61,63). The third kappa shape index (κ3) is 9.45. The summed E-state index contributed by atoms with van der Waals surface area (Å²) in [5, 5.41) is 15.5. The number of hydrogen-bond donors (Lipinski definition) is 3. The fraction of sp³-hybridized carbons (Fsp3) is 0.532. The van der Waals surface area contributed by atoms with Crippen LogP contribution in [0.4, 0.5) is 21.6 Å². The van der Waals surface area contributed by atoms with Crippen molar-refractivity contribution in [2.75, 3.05) is 61.8 Å². The highest BCUT2D eigenvalue weighted by Crippen LogP contribution is 2.48. The number of likely N-dealkylation sites (tertiary alicyclic amines) is 1. The Balaban J connectivity index is 0.683. The van der Waals surface area contributed by atoms with Crippen molar-refractivity contribution in [3.8, 4) is 22.6 Å². The van der Waals surface area contributed by atoms with Crippen molar-refractivity contribution in [3.05, 3.63) is 60.0 Å². The Kier molecular flexibility index (Phi) is 12.9. The van der Waals surface area contributed by atoms with E-state index in [-0.39, 0.29) is 36.0 Å². The smallest absolute Gasteiger partial charge is 0.249 e. The van der Waals surface area contributed by atoms with Crippen molar-refractivity contribution < 1.29 is 23.3 Å². The van der Waals surface area contributed by atoms with Crippen molar-refractivity contribution in [1.82, 2.24) is 45.0 Å². The number of nitrogens with two attached hydrogens (primary N) is 1. The van der Waals surface area contributed by atoms with Crippen LogP contribution in [0, 0.1) is 5.82 Å². The zero-order chi connectivity index (χ0) is 44.3. The molecule has 1 saturated carbocycles. The Morgan fingerprint density at radius 3 is 2.41 bits per heavy atom. The predicted octanol–water partition coefficient (Wildman–Crippen LogP) is 6.81. The number of amides is 3. The molecule has 0 spiro atoms. The van der Waals surface area contributed by atoms with E-state index in [0.29, 0.717) is 64.3 Å². The van der Waals surface area contributed by atoms with Gasteiger partial charge in [-0.25, -0.2) is 19.0 Å². The number of fused-ring (bicyclic) bond motifs is 1. The first-order valence-corrected chi connectivity index (χ1v) is 23.2. The van der Waals surface area contributed by atoms with Crippen LogP contribution in [0.5, 0.6) is 0 Å². The summed E-state index contributed by atoms with van der Waals surface area (Å²) < 4.78 is 23.0. The second-order valence-corrected chi connectivity index (χ2v) is 18.2. The zero-order valence-corrected chi connectivity index (χ0v) is 36.9. The van der Waals surface area contributed by atoms with Crippen LogP contribution in [0.25, 0.3) is 33.7 Å². The summed E-state index contributed by atoms with van der Waals surface area (Å²) in [7, 11) is 0. The number of anilines is 3. The molecule has 3 amide bonds. The molecule has 4 aromatic heterocycles. The molecule has 0 bridgehead atoms. The third-order valence-corrected chi connectivity index (χ3v) is 13.4. The van der Waals surface area contributed by atoms with Crippen molar-refractivity contribution in [1.29, 1.82) is 0 Å². The van der Waals surface area contributed by atoms with Gasteiger partial charge in [-0.3, -0.25) is 29.6 Å². The van der Waals surface area contributed by atoms with E-state index in [0.717, 1.165) is 121 Å². The van der Waals surface area contributed by atoms with E-state index in [1.165, 1.54) is 18.0 Å². The van der Waals surface area contributed by atoms with Gasteiger partial charge in [0.2, 0.25) is 17.7 Å². The Bertz CT molecular complexity index is 2470. The Morgan fingerprint density at radius 1 is 0.906 bits per heavy atom. The van der Waals surface area contributed by atoms with E-state index in [1.807, 2.05) is 15.8 Å². The first-order chi connectivity index (χ1) is 31.1. The van der Waals surface area contributed by atoms with Crippen LogP contribution >= 0.6 is 0 Å². The number of nitrogens with zero attached hydrogens (tertiary/aromatic N) is 9. The van der Waals surface area contributed by atoms with Gasteiger partial charge in [0.1, 0.15) is 41.2 Å². The summed E-state index contributed by atoms with van der Waals surface area (Å²) in [5.74, 6) is 1.11. The fourth-order valence-corrected chi connectivity index (χ4v) is 9.51. The maximum atomic E-state index is 15.1. The van der Waals surface area contributed by atoms with Crippen LogP contribution in [-0.4, -0.2) is 109 Å². The molecule has 3 saturated heterocycles. The van der Waals surface area contributed by atoms with Crippen LogP contribution < -0.4 is 21.3 Å².